The molecule has 0 amide bonds. The van der Waals surface area contributed by atoms with Gasteiger partial charge in [0.2, 0.25) is 0 Å². The number of rotatable bonds is 3. The monoisotopic (exact) mass is 285 g/mol. The second-order valence-electron chi connectivity index (χ2n) is 4.84. The highest BCUT2D eigenvalue weighted by atomic mass is 35.5. The molecular weight excluding hydrogens is 270 g/mol. The van der Waals surface area contributed by atoms with E-state index in [0.29, 0.717) is 5.02 Å². The molecule has 4 heteroatoms. The zero-order valence-corrected chi connectivity index (χ0v) is 12.1. The van der Waals surface area contributed by atoms with Crippen molar-refractivity contribution in [2.45, 2.75) is 19.9 Å². The van der Waals surface area contributed by atoms with Crippen LogP contribution in [0.2, 0.25) is 5.02 Å². The van der Waals surface area contributed by atoms with Crippen molar-refractivity contribution < 1.29 is 0 Å². The van der Waals surface area contributed by atoms with Crippen LogP contribution in [0.4, 0.5) is 5.69 Å². The third-order valence-electron chi connectivity index (χ3n) is 3.33. The maximum Gasteiger partial charge on any atom is 0.141 e. The average molecular weight is 286 g/mol. The first-order valence-corrected chi connectivity index (χ1v) is 7.08. The van der Waals surface area contributed by atoms with E-state index in [0.717, 1.165) is 41.1 Å². The molecular formula is C16H16ClN3. The normalized spacial score (nSPS) is 11.1. The van der Waals surface area contributed by atoms with Crippen LogP contribution in [0.25, 0.3) is 22.4 Å². The lowest BCUT2D eigenvalue weighted by atomic mass is 10.2. The van der Waals surface area contributed by atoms with E-state index in [1.54, 1.807) is 0 Å². The van der Waals surface area contributed by atoms with Gasteiger partial charge in [-0.3, -0.25) is 0 Å². The van der Waals surface area contributed by atoms with Crippen molar-refractivity contribution in [3.8, 4) is 11.4 Å². The van der Waals surface area contributed by atoms with Gasteiger partial charge in [0.05, 0.1) is 11.0 Å². The molecule has 0 saturated heterocycles. The van der Waals surface area contributed by atoms with Gasteiger partial charge in [-0.05, 0) is 48.9 Å². The number of nitrogen functional groups attached to an aromatic ring is 1. The molecule has 0 radical (unpaired) electrons. The van der Waals surface area contributed by atoms with E-state index < -0.39 is 0 Å². The van der Waals surface area contributed by atoms with Gasteiger partial charge in [0.15, 0.2) is 0 Å². The molecule has 3 nitrogen and oxygen atoms in total. The summed E-state index contributed by atoms with van der Waals surface area (Å²) in [6.07, 6.45) is 1.05. The van der Waals surface area contributed by atoms with Crippen LogP contribution >= 0.6 is 11.6 Å². The van der Waals surface area contributed by atoms with Gasteiger partial charge in [0.25, 0.3) is 0 Å². The minimum absolute atomic E-state index is 0.711. The fourth-order valence-electron chi connectivity index (χ4n) is 2.41. The summed E-state index contributed by atoms with van der Waals surface area (Å²) in [6.45, 7) is 3.09. The summed E-state index contributed by atoms with van der Waals surface area (Å²) in [5.74, 6) is 0.962. The van der Waals surface area contributed by atoms with E-state index >= 15 is 0 Å². The second-order valence-corrected chi connectivity index (χ2v) is 5.28. The lowest BCUT2D eigenvalue weighted by Crippen LogP contribution is -1.99. The molecule has 0 fully saturated rings. The molecule has 2 aromatic carbocycles. The first-order chi connectivity index (χ1) is 9.69. The van der Waals surface area contributed by atoms with Gasteiger partial charge >= 0.3 is 0 Å². The summed E-state index contributed by atoms with van der Waals surface area (Å²) in [4.78, 5) is 4.73. The van der Waals surface area contributed by atoms with Crippen molar-refractivity contribution in [1.29, 1.82) is 0 Å². The number of hydrogen-bond acceptors (Lipinski definition) is 2. The standard InChI is InChI=1S/C16H16ClN3/c1-2-9-20-15-8-5-12(17)10-14(15)19-16(20)11-3-6-13(18)7-4-11/h3-8,10H,2,9,18H2,1H3. The van der Waals surface area contributed by atoms with Crippen LogP contribution in [0.5, 0.6) is 0 Å². The molecule has 2 N–H and O–H groups in total. The summed E-state index contributed by atoms with van der Waals surface area (Å²) in [7, 11) is 0. The van der Waals surface area contributed by atoms with E-state index in [-0.39, 0.29) is 0 Å². The maximum absolute atomic E-state index is 6.06. The Morgan fingerprint density at radius 3 is 2.60 bits per heavy atom. The number of benzene rings is 2. The number of anilines is 1. The Labute approximate surface area is 123 Å². The molecule has 0 aliphatic heterocycles. The van der Waals surface area contributed by atoms with Gasteiger partial charge < -0.3 is 10.3 Å². The molecule has 1 aromatic heterocycles. The Morgan fingerprint density at radius 1 is 1.15 bits per heavy atom. The van der Waals surface area contributed by atoms with Crippen LogP contribution in [0, 0.1) is 0 Å². The van der Waals surface area contributed by atoms with Crippen molar-refractivity contribution in [2.75, 3.05) is 5.73 Å². The van der Waals surface area contributed by atoms with Gasteiger partial charge in [0, 0.05) is 22.8 Å². The van der Waals surface area contributed by atoms with Crippen molar-refractivity contribution in [2.24, 2.45) is 0 Å². The number of aryl methyl sites for hydroxylation is 1. The molecule has 0 unspecified atom stereocenters. The number of nitrogens with zero attached hydrogens (tertiary/aromatic N) is 2. The van der Waals surface area contributed by atoms with Gasteiger partial charge in [-0.15, -0.1) is 0 Å². The zero-order valence-electron chi connectivity index (χ0n) is 11.3. The Bertz CT molecular complexity index is 744. The smallest absolute Gasteiger partial charge is 0.141 e. The Morgan fingerprint density at radius 2 is 1.90 bits per heavy atom. The molecule has 0 aliphatic rings. The first kappa shape index (κ1) is 13.0. The molecule has 0 aliphatic carbocycles. The summed E-state index contributed by atoms with van der Waals surface area (Å²) in [6, 6.07) is 13.7. The van der Waals surface area contributed by atoms with Crippen molar-refractivity contribution >= 4 is 28.3 Å². The van der Waals surface area contributed by atoms with Gasteiger partial charge in [-0.1, -0.05) is 18.5 Å². The number of hydrogen-bond donors (Lipinski definition) is 1. The minimum Gasteiger partial charge on any atom is -0.399 e. The van der Waals surface area contributed by atoms with Crippen molar-refractivity contribution in [3.63, 3.8) is 0 Å². The molecule has 0 spiro atoms. The van der Waals surface area contributed by atoms with Crippen LogP contribution in [-0.2, 0) is 6.54 Å². The second kappa shape index (κ2) is 5.17. The van der Waals surface area contributed by atoms with Crippen LogP contribution < -0.4 is 5.73 Å². The van der Waals surface area contributed by atoms with E-state index in [2.05, 4.69) is 11.5 Å². The number of imidazole rings is 1. The zero-order chi connectivity index (χ0) is 14.1. The number of nitrogens with two attached hydrogens (primary N) is 1. The molecule has 0 saturated carbocycles. The molecule has 102 valence electrons. The van der Waals surface area contributed by atoms with Crippen molar-refractivity contribution in [1.82, 2.24) is 9.55 Å². The lowest BCUT2D eigenvalue weighted by molar-refractivity contribution is 0.704. The highest BCUT2D eigenvalue weighted by Crippen LogP contribution is 2.27. The van der Waals surface area contributed by atoms with Crippen LogP contribution in [0.1, 0.15) is 13.3 Å². The molecule has 20 heavy (non-hydrogen) atoms. The summed E-state index contributed by atoms with van der Waals surface area (Å²) >= 11 is 6.06. The molecule has 3 aromatic rings. The Kier molecular flexibility index (Phi) is 3.36. The van der Waals surface area contributed by atoms with E-state index in [4.69, 9.17) is 22.3 Å². The number of halogens is 1. The summed E-state index contributed by atoms with van der Waals surface area (Å²) in [5.41, 5.74) is 9.62. The van der Waals surface area contributed by atoms with Gasteiger partial charge in [-0.25, -0.2) is 4.98 Å². The van der Waals surface area contributed by atoms with Crippen molar-refractivity contribution in [3.05, 3.63) is 47.5 Å². The summed E-state index contributed by atoms with van der Waals surface area (Å²) in [5, 5.41) is 0.711. The van der Waals surface area contributed by atoms with E-state index in [9.17, 15) is 0 Å². The average Bonchev–Trinajstić information content (AvgIpc) is 2.78. The molecule has 0 atom stereocenters. The SMILES string of the molecule is CCCn1c(-c2ccc(N)cc2)nc2cc(Cl)ccc21. The first-order valence-electron chi connectivity index (χ1n) is 6.70. The van der Waals surface area contributed by atoms with E-state index in [1.165, 1.54) is 0 Å². The van der Waals surface area contributed by atoms with Crippen LogP contribution in [-0.4, -0.2) is 9.55 Å². The van der Waals surface area contributed by atoms with Crippen LogP contribution in [0.3, 0.4) is 0 Å². The largest absolute Gasteiger partial charge is 0.399 e. The fourth-order valence-corrected chi connectivity index (χ4v) is 2.57. The quantitative estimate of drug-likeness (QED) is 0.727. The fraction of sp³-hybridized carbons (Fsp3) is 0.188. The predicted molar refractivity (Wildman–Crippen MR) is 84.9 cm³/mol. The highest BCUT2D eigenvalue weighted by molar-refractivity contribution is 6.31. The van der Waals surface area contributed by atoms with Gasteiger partial charge in [0.1, 0.15) is 5.82 Å². The summed E-state index contributed by atoms with van der Waals surface area (Å²) < 4.78 is 2.23. The van der Waals surface area contributed by atoms with Crippen LogP contribution in [0.15, 0.2) is 42.5 Å². The predicted octanol–water partition coefficient (Wildman–Crippen LogP) is 4.35. The Hall–Kier alpha value is -2.00. The molecule has 1 heterocycles. The number of aromatic nitrogens is 2. The topological polar surface area (TPSA) is 43.8 Å². The highest BCUT2D eigenvalue weighted by Gasteiger charge is 2.12. The molecule has 0 bridgehead atoms. The minimum atomic E-state index is 0.711. The van der Waals surface area contributed by atoms with Gasteiger partial charge in [-0.2, -0.15) is 0 Å². The third kappa shape index (κ3) is 2.25. The third-order valence-corrected chi connectivity index (χ3v) is 3.56. The maximum atomic E-state index is 6.06. The number of fused-ring (bicyclic) bond motifs is 1. The lowest BCUT2D eigenvalue weighted by Gasteiger charge is -2.08. The van der Waals surface area contributed by atoms with E-state index in [1.807, 2.05) is 42.5 Å². The Balaban J connectivity index is 2.22. The molecule has 3 rings (SSSR count).